The molecule has 25 heavy (non-hydrogen) atoms. The van der Waals surface area contributed by atoms with Crippen LogP contribution in [0, 0.1) is 0 Å². The van der Waals surface area contributed by atoms with E-state index in [1.165, 1.54) is 4.90 Å². The van der Waals surface area contributed by atoms with Crippen LogP contribution in [0.5, 0.6) is 0 Å². The van der Waals surface area contributed by atoms with Crippen molar-refractivity contribution in [3.8, 4) is 0 Å². The molecular weight excluding hydrogens is 410 g/mol. The summed E-state index contributed by atoms with van der Waals surface area (Å²) in [5.41, 5.74) is 5.06. The molecule has 2 heterocycles. The molecule has 2 rings (SSSR count). The number of amides is 3. The van der Waals surface area contributed by atoms with Crippen molar-refractivity contribution in [3.63, 3.8) is 0 Å². The SMILES string of the molecule is CC(C)(C)OC(=O)N1CCCC[C@H]1C(=O)Nc1cc(Br)sc1C(N)=O. The number of ether oxygens (including phenoxy) is 1. The minimum Gasteiger partial charge on any atom is -0.444 e. The minimum atomic E-state index is -0.636. The van der Waals surface area contributed by atoms with Crippen molar-refractivity contribution in [2.45, 2.75) is 51.7 Å². The van der Waals surface area contributed by atoms with E-state index in [0.29, 0.717) is 22.4 Å². The van der Waals surface area contributed by atoms with Crippen LogP contribution in [0.3, 0.4) is 0 Å². The standard InChI is InChI=1S/C16H22BrN3O4S/c1-16(2,3)24-15(23)20-7-5-4-6-10(20)14(22)19-9-8-11(17)25-12(9)13(18)21/h8,10H,4-7H2,1-3H3,(H2,18,21)(H,19,22)/t10-/m0/s1. The zero-order valence-corrected chi connectivity index (χ0v) is 16.8. The largest absolute Gasteiger partial charge is 0.444 e. The van der Waals surface area contributed by atoms with Crippen LogP contribution in [0.2, 0.25) is 0 Å². The van der Waals surface area contributed by atoms with Gasteiger partial charge in [0.1, 0.15) is 16.5 Å². The predicted molar refractivity (Wildman–Crippen MR) is 99.7 cm³/mol. The number of primary amides is 1. The van der Waals surface area contributed by atoms with E-state index >= 15 is 0 Å². The molecule has 9 heteroatoms. The summed E-state index contributed by atoms with van der Waals surface area (Å²) in [5.74, 6) is -0.961. The van der Waals surface area contributed by atoms with Gasteiger partial charge in [-0.25, -0.2) is 4.79 Å². The van der Waals surface area contributed by atoms with Crippen molar-refractivity contribution >= 4 is 50.9 Å². The lowest BCUT2D eigenvalue weighted by Crippen LogP contribution is -2.51. The van der Waals surface area contributed by atoms with Gasteiger partial charge in [0.15, 0.2) is 0 Å². The molecule has 7 nitrogen and oxygen atoms in total. The Hall–Kier alpha value is -1.61. The van der Waals surface area contributed by atoms with Crippen LogP contribution < -0.4 is 11.1 Å². The van der Waals surface area contributed by atoms with Gasteiger partial charge in [-0.1, -0.05) is 0 Å². The Balaban J connectivity index is 2.15. The van der Waals surface area contributed by atoms with E-state index in [4.69, 9.17) is 10.5 Å². The highest BCUT2D eigenvalue weighted by Crippen LogP contribution is 2.31. The van der Waals surface area contributed by atoms with Crippen LogP contribution in [0.1, 0.15) is 49.7 Å². The molecule has 0 aliphatic carbocycles. The first kappa shape index (κ1) is 19.7. The first-order chi connectivity index (χ1) is 11.6. The first-order valence-corrected chi connectivity index (χ1v) is 9.59. The van der Waals surface area contributed by atoms with Gasteiger partial charge < -0.3 is 15.8 Å². The van der Waals surface area contributed by atoms with Gasteiger partial charge in [-0.05, 0) is 62.0 Å². The summed E-state index contributed by atoms with van der Waals surface area (Å²) in [5, 5.41) is 2.72. The highest BCUT2D eigenvalue weighted by atomic mass is 79.9. The molecule has 0 radical (unpaired) electrons. The Morgan fingerprint density at radius 3 is 2.64 bits per heavy atom. The number of thiophene rings is 1. The first-order valence-electron chi connectivity index (χ1n) is 7.98. The van der Waals surface area contributed by atoms with E-state index in [2.05, 4.69) is 21.2 Å². The molecule has 1 fully saturated rings. The third kappa shape index (κ3) is 5.18. The molecule has 0 saturated carbocycles. The molecule has 0 unspecified atom stereocenters. The Kier molecular flexibility index (Phi) is 6.10. The molecule has 1 aromatic heterocycles. The number of carbonyl (C=O) groups excluding carboxylic acids is 3. The van der Waals surface area contributed by atoms with Crippen LogP contribution in [0.4, 0.5) is 10.5 Å². The highest BCUT2D eigenvalue weighted by Gasteiger charge is 2.35. The lowest BCUT2D eigenvalue weighted by molar-refractivity contribution is -0.122. The Bertz CT molecular complexity index is 683. The van der Waals surface area contributed by atoms with Crippen molar-refractivity contribution in [3.05, 3.63) is 14.7 Å². The Morgan fingerprint density at radius 1 is 1.36 bits per heavy atom. The number of likely N-dealkylation sites (tertiary alicyclic amines) is 1. The topological polar surface area (TPSA) is 102 Å². The van der Waals surface area contributed by atoms with E-state index in [0.717, 1.165) is 24.2 Å². The van der Waals surface area contributed by atoms with Crippen molar-refractivity contribution in [2.75, 3.05) is 11.9 Å². The van der Waals surface area contributed by atoms with Crippen molar-refractivity contribution < 1.29 is 19.1 Å². The molecule has 138 valence electrons. The summed E-state index contributed by atoms with van der Waals surface area (Å²) in [4.78, 5) is 38.3. The van der Waals surface area contributed by atoms with Crippen LogP contribution in [0.15, 0.2) is 9.85 Å². The number of rotatable bonds is 3. The van der Waals surface area contributed by atoms with E-state index in [-0.39, 0.29) is 10.8 Å². The van der Waals surface area contributed by atoms with E-state index in [9.17, 15) is 14.4 Å². The average Bonchev–Trinajstić information content (AvgIpc) is 2.86. The normalized spacial score (nSPS) is 17.9. The number of carbonyl (C=O) groups is 3. The molecule has 1 saturated heterocycles. The molecule has 3 N–H and O–H groups in total. The lowest BCUT2D eigenvalue weighted by atomic mass is 10.0. The quantitative estimate of drug-likeness (QED) is 0.765. The van der Waals surface area contributed by atoms with Crippen LogP contribution >= 0.6 is 27.3 Å². The van der Waals surface area contributed by atoms with Gasteiger partial charge in [0.25, 0.3) is 5.91 Å². The maximum absolute atomic E-state index is 12.7. The number of nitrogens with one attached hydrogen (secondary N) is 1. The van der Waals surface area contributed by atoms with Crippen molar-refractivity contribution in [2.24, 2.45) is 5.73 Å². The predicted octanol–water partition coefficient (Wildman–Crippen LogP) is 3.34. The molecule has 0 aromatic carbocycles. The number of nitrogens with two attached hydrogens (primary N) is 1. The van der Waals surface area contributed by atoms with E-state index < -0.39 is 23.6 Å². The number of hydrogen-bond donors (Lipinski definition) is 2. The van der Waals surface area contributed by atoms with Crippen LogP contribution in [-0.4, -0.2) is 41.0 Å². The summed E-state index contributed by atoms with van der Waals surface area (Å²) in [7, 11) is 0. The molecule has 0 spiro atoms. The number of piperidine rings is 1. The third-order valence-electron chi connectivity index (χ3n) is 3.62. The number of nitrogens with zero attached hydrogens (tertiary/aromatic N) is 1. The Labute approximate surface area is 159 Å². The van der Waals surface area contributed by atoms with Gasteiger partial charge in [0.05, 0.1) is 9.47 Å². The Morgan fingerprint density at radius 2 is 2.04 bits per heavy atom. The fourth-order valence-electron chi connectivity index (χ4n) is 2.60. The summed E-state index contributed by atoms with van der Waals surface area (Å²) >= 11 is 4.43. The second-order valence-corrected chi connectivity index (χ2v) is 9.26. The van der Waals surface area contributed by atoms with Gasteiger partial charge in [-0.15, -0.1) is 11.3 Å². The van der Waals surface area contributed by atoms with Gasteiger partial charge in [-0.3, -0.25) is 14.5 Å². The monoisotopic (exact) mass is 431 g/mol. The average molecular weight is 432 g/mol. The molecule has 3 amide bonds. The smallest absolute Gasteiger partial charge is 0.410 e. The highest BCUT2D eigenvalue weighted by molar-refractivity contribution is 9.11. The molecule has 1 aromatic rings. The van der Waals surface area contributed by atoms with Crippen molar-refractivity contribution in [1.82, 2.24) is 4.90 Å². The number of halogens is 1. The van der Waals surface area contributed by atoms with Gasteiger partial charge in [0, 0.05) is 6.54 Å². The maximum Gasteiger partial charge on any atom is 0.410 e. The van der Waals surface area contributed by atoms with Gasteiger partial charge >= 0.3 is 6.09 Å². The molecule has 1 atom stereocenters. The number of hydrogen-bond acceptors (Lipinski definition) is 5. The number of anilines is 1. The summed E-state index contributed by atoms with van der Waals surface area (Å²) in [6.45, 7) is 5.81. The zero-order chi connectivity index (χ0) is 18.8. The second-order valence-electron chi connectivity index (χ2n) is 6.83. The summed E-state index contributed by atoms with van der Waals surface area (Å²) in [6, 6.07) is 0.992. The minimum absolute atomic E-state index is 0.264. The lowest BCUT2D eigenvalue weighted by Gasteiger charge is -2.35. The van der Waals surface area contributed by atoms with E-state index in [1.54, 1.807) is 26.8 Å². The molecule has 1 aliphatic heterocycles. The molecule has 0 bridgehead atoms. The van der Waals surface area contributed by atoms with Crippen LogP contribution in [-0.2, 0) is 9.53 Å². The zero-order valence-electron chi connectivity index (χ0n) is 14.4. The maximum atomic E-state index is 12.7. The second kappa shape index (κ2) is 7.74. The van der Waals surface area contributed by atoms with Gasteiger partial charge in [0.2, 0.25) is 5.91 Å². The van der Waals surface area contributed by atoms with E-state index in [1.807, 2.05) is 0 Å². The summed E-state index contributed by atoms with van der Waals surface area (Å²) < 4.78 is 6.09. The fraction of sp³-hybridized carbons (Fsp3) is 0.562. The molecule has 1 aliphatic rings. The fourth-order valence-corrected chi connectivity index (χ4v) is 4.00. The summed E-state index contributed by atoms with van der Waals surface area (Å²) in [6.07, 6.45) is 1.70. The van der Waals surface area contributed by atoms with Crippen molar-refractivity contribution in [1.29, 1.82) is 0 Å². The molecular formula is C16H22BrN3O4S. The third-order valence-corrected chi connectivity index (χ3v) is 5.27. The van der Waals surface area contributed by atoms with Crippen LogP contribution in [0.25, 0.3) is 0 Å². The van der Waals surface area contributed by atoms with Gasteiger partial charge in [-0.2, -0.15) is 0 Å².